The fourth-order valence-electron chi connectivity index (χ4n) is 2.81. The van der Waals surface area contributed by atoms with Crippen LogP contribution in [0.2, 0.25) is 5.02 Å². The van der Waals surface area contributed by atoms with Crippen molar-refractivity contribution in [3.05, 3.63) is 63.1 Å². The quantitative estimate of drug-likeness (QED) is 0.722. The lowest BCUT2D eigenvalue weighted by Crippen LogP contribution is -2.42. The molecule has 0 aromatic heterocycles. The van der Waals surface area contributed by atoms with E-state index in [0.717, 1.165) is 16.5 Å². The van der Waals surface area contributed by atoms with Crippen LogP contribution in [0.3, 0.4) is 0 Å². The summed E-state index contributed by atoms with van der Waals surface area (Å²) in [5, 5.41) is 0.595. The highest BCUT2D eigenvalue weighted by Crippen LogP contribution is 2.26. The van der Waals surface area contributed by atoms with E-state index in [1.54, 1.807) is 28.0 Å². The van der Waals surface area contributed by atoms with E-state index in [2.05, 4.69) is 15.9 Å². The van der Waals surface area contributed by atoms with Gasteiger partial charge in [0.25, 0.3) is 5.91 Å². The number of amides is 2. The first kappa shape index (κ1) is 18.0. The second kappa shape index (κ2) is 7.58. The standard InChI is InChI=1S/C19H18BrClN2O2/c1-13-7-8-16(11-17(13)21)23(12-22-9-3-6-18(22)24)19(25)14-4-2-5-15(20)10-14/h2,4-5,7-8,10-11H,3,6,9,12H2,1H3. The summed E-state index contributed by atoms with van der Waals surface area (Å²) < 4.78 is 0.831. The van der Waals surface area contributed by atoms with Crippen LogP contribution in [-0.4, -0.2) is 29.9 Å². The predicted octanol–water partition coefficient (Wildman–Crippen LogP) is 4.64. The second-order valence-electron chi connectivity index (χ2n) is 6.08. The molecule has 0 unspecified atom stereocenters. The first-order chi connectivity index (χ1) is 12.0. The smallest absolute Gasteiger partial charge is 0.259 e. The van der Waals surface area contributed by atoms with E-state index in [4.69, 9.17) is 11.6 Å². The fraction of sp³-hybridized carbons (Fsp3) is 0.263. The van der Waals surface area contributed by atoms with Crippen molar-refractivity contribution in [1.29, 1.82) is 0 Å². The summed E-state index contributed by atoms with van der Waals surface area (Å²) in [5.74, 6) is -0.0915. The Kier molecular flexibility index (Phi) is 5.45. The third kappa shape index (κ3) is 4.05. The minimum atomic E-state index is -0.166. The summed E-state index contributed by atoms with van der Waals surface area (Å²) in [6.07, 6.45) is 1.36. The van der Waals surface area contributed by atoms with Crippen molar-refractivity contribution in [3.63, 3.8) is 0 Å². The second-order valence-corrected chi connectivity index (χ2v) is 7.40. The van der Waals surface area contributed by atoms with Crippen LogP contribution in [-0.2, 0) is 4.79 Å². The molecule has 6 heteroatoms. The van der Waals surface area contributed by atoms with Gasteiger partial charge in [0.1, 0.15) is 6.67 Å². The van der Waals surface area contributed by atoms with E-state index in [-0.39, 0.29) is 18.5 Å². The zero-order valence-electron chi connectivity index (χ0n) is 13.8. The van der Waals surface area contributed by atoms with Gasteiger partial charge in [-0.25, -0.2) is 0 Å². The van der Waals surface area contributed by atoms with Crippen molar-refractivity contribution in [1.82, 2.24) is 4.90 Å². The number of aryl methyl sites for hydroxylation is 1. The maximum absolute atomic E-state index is 13.1. The highest BCUT2D eigenvalue weighted by molar-refractivity contribution is 9.10. The molecule has 130 valence electrons. The van der Waals surface area contributed by atoms with E-state index >= 15 is 0 Å². The van der Waals surface area contributed by atoms with E-state index < -0.39 is 0 Å². The molecule has 25 heavy (non-hydrogen) atoms. The van der Waals surface area contributed by atoms with Crippen LogP contribution < -0.4 is 4.90 Å². The molecule has 1 aliphatic rings. The molecule has 4 nitrogen and oxygen atoms in total. The van der Waals surface area contributed by atoms with E-state index in [1.807, 2.05) is 31.2 Å². The molecule has 1 heterocycles. The van der Waals surface area contributed by atoms with Crippen LogP contribution in [0.25, 0.3) is 0 Å². The van der Waals surface area contributed by atoms with Crippen molar-refractivity contribution < 1.29 is 9.59 Å². The lowest BCUT2D eigenvalue weighted by Gasteiger charge is -2.28. The summed E-state index contributed by atoms with van der Waals surface area (Å²) in [5.41, 5.74) is 2.18. The molecule has 1 aliphatic heterocycles. The highest BCUT2D eigenvalue weighted by Gasteiger charge is 2.26. The van der Waals surface area contributed by atoms with Crippen LogP contribution in [0.4, 0.5) is 5.69 Å². The van der Waals surface area contributed by atoms with E-state index in [0.29, 0.717) is 29.2 Å². The average Bonchev–Trinajstić information content (AvgIpc) is 2.99. The van der Waals surface area contributed by atoms with Gasteiger partial charge >= 0.3 is 0 Å². The number of hydrogen-bond acceptors (Lipinski definition) is 2. The molecule has 0 N–H and O–H groups in total. The van der Waals surface area contributed by atoms with Gasteiger partial charge in [0.2, 0.25) is 5.91 Å². The summed E-state index contributed by atoms with van der Waals surface area (Å²) in [6, 6.07) is 12.7. The Labute approximate surface area is 160 Å². The number of benzene rings is 2. The minimum Gasteiger partial charge on any atom is -0.324 e. The van der Waals surface area contributed by atoms with Gasteiger partial charge in [-0.05, 0) is 49.2 Å². The number of halogens is 2. The third-order valence-corrected chi connectivity index (χ3v) is 5.17. The van der Waals surface area contributed by atoms with Gasteiger partial charge in [-0.3, -0.25) is 14.5 Å². The minimum absolute atomic E-state index is 0.0743. The van der Waals surface area contributed by atoms with Crippen molar-refractivity contribution in [2.24, 2.45) is 0 Å². The zero-order chi connectivity index (χ0) is 18.0. The van der Waals surface area contributed by atoms with Crippen LogP contribution in [0, 0.1) is 6.92 Å². The van der Waals surface area contributed by atoms with Gasteiger partial charge in [0, 0.05) is 33.7 Å². The molecule has 2 aromatic carbocycles. The fourth-order valence-corrected chi connectivity index (χ4v) is 3.39. The number of hydrogen-bond donors (Lipinski definition) is 0. The molecule has 1 fully saturated rings. The lowest BCUT2D eigenvalue weighted by molar-refractivity contribution is -0.127. The summed E-state index contributed by atoms with van der Waals surface area (Å²) in [7, 11) is 0. The predicted molar refractivity (Wildman–Crippen MR) is 103 cm³/mol. The van der Waals surface area contributed by atoms with Crippen molar-refractivity contribution in [2.75, 3.05) is 18.1 Å². The Hall–Kier alpha value is -1.85. The topological polar surface area (TPSA) is 40.6 Å². The van der Waals surface area contributed by atoms with Gasteiger partial charge in [-0.2, -0.15) is 0 Å². The zero-order valence-corrected chi connectivity index (χ0v) is 16.2. The molecule has 2 amide bonds. The summed E-state index contributed by atoms with van der Waals surface area (Å²) >= 11 is 9.65. The molecule has 3 rings (SSSR count). The lowest BCUT2D eigenvalue weighted by atomic mass is 10.1. The van der Waals surface area contributed by atoms with Gasteiger partial charge in [0.15, 0.2) is 0 Å². The van der Waals surface area contributed by atoms with Crippen molar-refractivity contribution >= 4 is 45.0 Å². The summed E-state index contributed by atoms with van der Waals surface area (Å²) in [6.45, 7) is 2.81. The SMILES string of the molecule is Cc1ccc(N(CN2CCCC2=O)C(=O)c2cccc(Br)c2)cc1Cl. The normalized spacial score (nSPS) is 14.0. The molecule has 0 bridgehead atoms. The van der Waals surface area contributed by atoms with Crippen LogP contribution in [0.15, 0.2) is 46.9 Å². The van der Waals surface area contributed by atoms with Crippen molar-refractivity contribution in [3.8, 4) is 0 Å². The van der Waals surface area contributed by atoms with Crippen LogP contribution in [0.1, 0.15) is 28.8 Å². The maximum atomic E-state index is 13.1. The number of carbonyl (C=O) groups excluding carboxylic acids is 2. The molecular weight excluding hydrogens is 404 g/mol. The Bertz CT molecular complexity index is 825. The van der Waals surface area contributed by atoms with Gasteiger partial charge in [-0.15, -0.1) is 0 Å². The maximum Gasteiger partial charge on any atom is 0.259 e. The molecule has 0 atom stereocenters. The Balaban J connectivity index is 1.96. The number of anilines is 1. The van der Waals surface area contributed by atoms with E-state index in [1.165, 1.54) is 0 Å². The van der Waals surface area contributed by atoms with Crippen LogP contribution in [0.5, 0.6) is 0 Å². The third-order valence-electron chi connectivity index (χ3n) is 4.27. The van der Waals surface area contributed by atoms with Gasteiger partial charge in [0.05, 0.1) is 0 Å². The van der Waals surface area contributed by atoms with Gasteiger partial charge < -0.3 is 4.90 Å². The monoisotopic (exact) mass is 420 g/mol. The summed E-state index contributed by atoms with van der Waals surface area (Å²) in [4.78, 5) is 28.5. The number of rotatable bonds is 4. The largest absolute Gasteiger partial charge is 0.324 e. The molecule has 0 aliphatic carbocycles. The highest BCUT2D eigenvalue weighted by atomic mass is 79.9. The number of carbonyl (C=O) groups is 2. The van der Waals surface area contributed by atoms with Crippen molar-refractivity contribution in [2.45, 2.75) is 19.8 Å². The Morgan fingerprint density at radius 2 is 2.08 bits per heavy atom. The first-order valence-corrected chi connectivity index (χ1v) is 9.24. The van der Waals surface area contributed by atoms with Gasteiger partial charge in [-0.1, -0.05) is 39.7 Å². The molecule has 0 saturated carbocycles. The van der Waals surface area contributed by atoms with E-state index in [9.17, 15) is 9.59 Å². The number of nitrogens with zero attached hydrogens (tertiary/aromatic N) is 2. The number of likely N-dealkylation sites (tertiary alicyclic amines) is 1. The average molecular weight is 422 g/mol. The molecule has 0 spiro atoms. The molecule has 1 saturated heterocycles. The van der Waals surface area contributed by atoms with Crippen LogP contribution >= 0.6 is 27.5 Å². The Morgan fingerprint density at radius 1 is 1.28 bits per heavy atom. The molecule has 0 radical (unpaired) electrons. The Morgan fingerprint density at radius 3 is 2.72 bits per heavy atom. The molecular formula is C19H18BrClN2O2. The first-order valence-electron chi connectivity index (χ1n) is 8.07. The molecule has 2 aromatic rings.